The Morgan fingerprint density at radius 2 is 2.20 bits per heavy atom. The number of amides is 1. The molecule has 0 heterocycles. The summed E-state index contributed by atoms with van der Waals surface area (Å²) in [5.74, 6) is 0.454. The van der Waals surface area contributed by atoms with Gasteiger partial charge in [0.05, 0.1) is 5.75 Å². The average Bonchev–Trinajstić information content (AvgIpc) is 2.66. The summed E-state index contributed by atoms with van der Waals surface area (Å²) < 4.78 is 0. The smallest absolute Gasteiger partial charge is 0.232 e. The molecular formula is C7H13NOS. The average molecular weight is 159 g/mol. The second-order valence-corrected chi connectivity index (χ2v) is 3.42. The van der Waals surface area contributed by atoms with Crippen molar-refractivity contribution in [2.75, 3.05) is 12.8 Å². The van der Waals surface area contributed by atoms with Crippen molar-refractivity contribution >= 4 is 18.5 Å². The van der Waals surface area contributed by atoms with E-state index in [1.54, 1.807) is 4.90 Å². The quantitative estimate of drug-likeness (QED) is 0.594. The number of hydrogen-bond acceptors (Lipinski definition) is 2. The second-order valence-electron chi connectivity index (χ2n) is 3.11. The molecule has 2 nitrogen and oxygen atoms in total. The predicted octanol–water partition coefficient (Wildman–Crippen LogP) is 0.927. The van der Waals surface area contributed by atoms with Gasteiger partial charge in [0.15, 0.2) is 0 Å². The van der Waals surface area contributed by atoms with Gasteiger partial charge in [-0.15, -0.1) is 0 Å². The topological polar surface area (TPSA) is 20.3 Å². The molecule has 0 saturated heterocycles. The Morgan fingerprint density at radius 1 is 1.70 bits per heavy atom. The predicted molar refractivity (Wildman–Crippen MR) is 44.3 cm³/mol. The summed E-state index contributed by atoms with van der Waals surface area (Å²) in [6.07, 6.45) is 2.28. The molecule has 3 heteroatoms. The van der Waals surface area contributed by atoms with Gasteiger partial charge in [-0.2, -0.15) is 12.6 Å². The van der Waals surface area contributed by atoms with Crippen molar-refractivity contribution in [3.8, 4) is 0 Å². The normalized spacial score (nSPS) is 20.3. The van der Waals surface area contributed by atoms with Crippen LogP contribution in [0.15, 0.2) is 0 Å². The summed E-state index contributed by atoms with van der Waals surface area (Å²) in [6.45, 7) is 2.11. The molecule has 1 amide bonds. The zero-order valence-electron chi connectivity index (χ0n) is 6.42. The zero-order valence-corrected chi connectivity index (χ0v) is 7.32. The number of carbonyl (C=O) groups excluding carboxylic acids is 1. The van der Waals surface area contributed by atoms with Gasteiger partial charge < -0.3 is 4.90 Å². The summed E-state index contributed by atoms with van der Waals surface area (Å²) >= 11 is 3.92. The number of nitrogens with zero attached hydrogens (tertiary/aromatic N) is 1. The first-order valence-electron chi connectivity index (χ1n) is 3.48. The number of hydrogen-bond donors (Lipinski definition) is 1. The van der Waals surface area contributed by atoms with E-state index < -0.39 is 0 Å². The molecule has 0 spiro atoms. The second kappa shape index (κ2) is 2.46. The first kappa shape index (κ1) is 7.92. The molecule has 0 atom stereocenters. The highest BCUT2D eigenvalue weighted by Crippen LogP contribution is 2.40. The van der Waals surface area contributed by atoms with E-state index in [1.165, 1.54) is 0 Å². The first-order chi connectivity index (χ1) is 4.60. The van der Waals surface area contributed by atoms with E-state index in [2.05, 4.69) is 19.6 Å². The van der Waals surface area contributed by atoms with Gasteiger partial charge in [-0.1, -0.05) is 0 Å². The van der Waals surface area contributed by atoms with E-state index in [0.717, 1.165) is 12.8 Å². The molecule has 58 valence electrons. The van der Waals surface area contributed by atoms with Crippen LogP contribution in [0.2, 0.25) is 0 Å². The Balaban J connectivity index is 2.48. The van der Waals surface area contributed by atoms with Crippen LogP contribution in [0.25, 0.3) is 0 Å². The van der Waals surface area contributed by atoms with Crippen LogP contribution in [0, 0.1) is 0 Å². The van der Waals surface area contributed by atoms with Crippen LogP contribution in [-0.2, 0) is 4.79 Å². The van der Waals surface area contributed by atoms with Crippen molar-refractivity contribution in [2.24, 2.45) is 0 Å². The molecule has 1 saturated carbocycles. The van der Waals surface area contributed by atoms with Crippen LogP contribution in [-0.4, -0.2) is 29.1 Å². The summed E-state index contributed by atoms with van der Waals surface area (Å²) in [7, 11) is 1.85. The minimum atomic E-state index is 0.128. The molecule has 0 aromatic carbocycles. The third-order valence-electron chi connectivity index (χ3n) is 2.29. The molecular weight excluding hydrogens is 146 g/mol. The van der Waals surface area contributed by atoms with Gasteiger partial charge in [-0.3, -0.25) is 4.79 Å². The van der Waals surface area contributed by atoms with Gasteiger partial charge in [0, 0.05) is 12.6 Å². The zero-order chi connectivity index (χ0) is 7.78. The van der Waals surface area contributed by atoms with Crippen LogP contribution in [0.4, 0.5) is 0 Å². The molecule has 0 unspecified atom stereocenters. The monoisotopic (exact) mass is 159 g/mol. The van der Waals surface area contributed by atoms with Gasteiger partial charge in [0.2, 0.25) is 5.91 Å². The SMILES string of the molecule is CN(C(=O)CS)C1(C)CC1. The Morgan fingerprint density at radius 3 is 2.50 bits per heavy atom. The molecule has 0 aromatic rings. The number of rotatable bonds is 2. The molecule has 1 aliphatic rings. The third-order valence-corrected chi connectivity index (χ3v) is 2.56. The maximum atomic E-state index is 11.0. The Bertz CT molecular complexity index is 154. The van der Waals surface area contributed by atoms with Crippen LogP contribution < -0.4 is 0 Å². The fraction of sp³-hybridized carbons (Fsp3) is 0.857. The lowest BCUT2D eigenvalue weighted by atomic mass is 10.3. The molecule has 0 N–H and O–H groups in total. The minimum absolute atomic E-state index is 0.128. The molecule has 0 bridgehead atoms. The van der Waals surface area contributed by atoms with E-state index in [0.29, 0.717) is 5.75 Å². The number of carbonyl (C=O) groups is 1. The van der Waals surface area contributed by atoms with E-state index in [-0.39, 0.29) is 11.4 Å². The Hall–Kier alpha value is -0.180. The van der Waals surface area contributed by atoms with Crippen molar-refractivity contribution in [1.82, 2.24) is 4.90 Å². The van der Waals surface area contributed by atoms with Gasteiger partial charge >= 0.3 is 0 Å². The maximum Gasteiger partial charge on any atom is 0.232 e. The largest absolute Gasteiger partial charge is 0.340 e. The van der Waals surface area contributed by atoms with Crippen molar-refractivity contribution in [2.45, 2.75) is 25.3 Å². The van der Waals surface area contributed by atoms with E-state index in [4.69, 9.17) is 0 Å². The van der Waals surface area contributed by atoms with Crippen molar-refractivity contribution in [3.05, 3.63) is 0 Å². The lowest BCUT2D eigenvalue weighted by molar-refractivity contribution is -0.129. The van der Waals surface area contributed by atoms with Crippen LogP contribution >= 0.6 is 12.6 Å². The van der Waals surface area contributed by atoms with Gasteiger partial charge in [0.25, 0.3) is 0 Å². The summed E-state index contributed by atoms with van der Waals surface area (Å²) in [4.78, 5) is 12.9. The van der Waals surface area contributed by atoms with Crippen LogP contribution in [0.1, 0.15) is 19.8 Å². The Labute approximate surface area is 67.0 Å². The highest BCUT2D eigenvalue weighted by molar-refractivity contribution is 7.81. The lowest BCUT2D eigenvalue weighted by Gasteiger charge is -2.23. The molecule has 1 rings (SSSR count). The summed E-state index contributed by atoms with van der Waals surface area (Å²) in [5, 5.41) is 0. The molecule has 0 aromatic heterocycles. The highest BCUT2D eigenvalue weighted by Gasteiger charge is 2.43. The fourth-order valence-electron chi connectivity index (χ4n) is 0.923. The molecule has 10 heavy (non-hydrogen) atoms. The lowest BCUT2D eigenvalue weighted by Crippen LogP contribution is -2.37. The summed E-state index contributed by atoms with van der Waals surface area (Å²) in [6, 6.07) is 0. The van der Waals surface area contributed by atoms with Crippen LogP contribution in [0.3, 0.4) is 0 Å². The minimum Gasteiger partial charge on any atom is -0.340 e. The van der Waals surface area contributed by atoms with Crippen molar-refractivity contribution in [1.29, 1.82) is 0 Å². The number of thiol groups is 1. The first-order valence-corrected chi connectivity index (χ1v) is 4.11. The third kappa shape index (κ3) is 1.29. The van der Waals surface area contributed by atoms with Gasteiger partial charge in [-0.05, 0) is 19.8 Å². The van der Waals surface area contributed by atoms with Crippen LogP contribution in [0.5, 0.6) is 0 Å². The maximum absolute atomic E-state index is 11.0. The van der Waals surface area contributed by atoms with E-state index in [1.807, 2.05) is 7.05 Å². The van der Waals surface area contributed by atoms with E-state index >= 15 is 0 Å². The standard InChI is InChI=1S/C7H13NOS/c1-7(3-4-7)8(2)6(9)5-10/h10H,3-5H2,1-2H3. The van der Waals surface area contributed by atoms with Crippen molar-refractivity contribution < 1.29 is 4.79 Å². The molecule has 0 aliphatic heterocycles. The molecule has 1 fully saturated rings. The van der Waals surface area contributed by atoms with E-state index in [9.17, 15) is 4.79 Å². The van der Waals surface area contributed by atoms with Crippen molar-refractivity contribution in [3.63, 3.8) is 0 Å². The van der Waals surface area contributed by atoms with Gasteiger partial charge in [0.1, 0.15) is 0 Å². The fourth-order valence-corrected chi connectivity index (χ4v) is 1.14. The molecule has 0 radical (unpaired) electrons. The summed E-state index contributed by atoms with van der Waals surface area (Å²) in [5.41, 5.74) is 0.166. The Kier molecular flexibility index (Phi) is 1.95. The highest BCUT2D eigenvalue weighted by atomic mass is 32.1. The van der Waals surface area contributed by atoms with Gasteiger partial charge in [-0.25, -0.2) is 0 Å². The molecule has 1 aliphatic carbocycles.